The van der Waals surface area contributed by atoms with Gasteiger partial charge in [0.15, 0.2) is 0 Å². The van der Waals surface area contributed by atoms with Gasteiger partial charge in [0, 0.05) is 49.9 Å². The highest BCUT2D eigenvalue weighted by atomic mass is 32.1. The molecule has 0 saturated heterocycles. The van der Waals surface area contributed by atoms with Crippen molar-refractivity contribution in [1.82, 2.24) is 0 Å². The summed E-state index contributed by atoms with van der Waals surface area (Å²) in [4.78, 5) is 6.71. The van der Waals surface area contributed by atoms with Gasteiger partial charge in [0.25, 0.3) is 6.71 Å². The van der Waals surface area contributed by atoms with Crippen LogP contribution in [-0.2, 0) is 0 Å². The Hall–Kier alpha value is -4.54. The maximum Gasteiger partial charge on any atom is 0.264 e. The Kier molecular flexibility index (Phi) is 5.36. The third-order valence-corrected chi connectivity index (χ3v) is 11.8. The topological polar surface area (TPSA) is 6.48 Å². The van der Waals surface area contributed by atoms with Crippen LogP contribution in [0.25, 0.3) is 21.6 Å². The molecule has 2 unspecified atom stereocenters. The fourth-order valence-electron chi connectivity index (χ4n) is 8.80. The first kappa shape index (κ1) is 24.9. The van der Waals surface area contributed by atoms with E-state index in [4.69, 9.17) is 0 Å². The summed E-state index contributed by atoms with van der Waals surface area (Å²) < 4.78 is 1.45. The highest BCUT2D eigenvalue weighted by molar-refractivity contribution is 7.31. The molecular weight excluding hydrogens is 551 g/mol. The maximum absolute atomic E-state index is 2.78. The average Bonchev–Trinajstić information content (AvgIpc) is 3.65. The predicted octanol–water partition coefficient (Wildman–Crippen LogP) is 8.87. The second-order valence-electron chi connectivity index (χ2n) is 12.7. The number of rotatable bonds is 3. The van der Waals surface area contributed by atoms with Crippen LogP contribution in [0.15, 0.2) is 127 Å². The number of hydrogen-bond acceptors (Lipinski definition) is 3. The van der Waals surface area contributed by atoms with Gasteiger partial charge in [-0.05, 0) is 64.7 Å². The largest absolute Gasteiger partial charge is 0.338 e. The zero-order valence-electron chi connectivity index (χ0n) is 24.5. The second-order valence-corrected chi connectivity index (χ2v) is 13.7. The Morgan fingerprint density at radius 2 is 1.30 bits per heavy atom. The summed E-state index contributed by atoms with van der Waals surface area (Å²) in [7, 11) is 0. The van der Waals surface area contributed by atoms with E-state index in [1.54, 1.807) is 5.56 Å². The van der Waals surface area contributed by atoms with Crippen LogP contribution in [0.2, 0.25) is 0 Å². The summed E-state index contributed by atoms with van der Waals surface area (Å²) in [6.45, 7) is 0.201. The third-order valence-electron chi connectivity index (χ3n) is 10.5. The van der Waals surface area contributed by atoms with Crippen molar-refractivity contribution in [3.05, 3.63) is 133 Å². The molecule has 1 aromatic heterocycles. The van der Waals surface area contributed by atoms with E-state index in [0.717, 1.165) is 0 Å². The van der Waals surface area contributed by atoms with Crippen molar-refractivity contribution in [3.63, 3.8) is 0 Å². The molecule has 4 aliphatic rings. The summed E-state index contributed by atoms with van der Waals surface area (Å²) in [6.07, 6.45) is 5.24. The van der Waals surface area contributed by atoms with Gasteiger partial charge in [-0.25, -0.2) is 0 Å². The highest BCUT2D eigenvalue weighted by Crippen LogP contribution is 2.55. The van der Waals surface area contributed by atoms with E-state index in [0.29, 0.717) is 12.0 Å². The number of fused-ring (bicyclic) bond motifs is 7. The standard InChI is InChI=1S/C40H31BN2S/c1-4-14-26(15-5-1)35-38-40(44-39(35)27-16-6-2-7-17-27)41-31-22-12-21-30-29-20-10-11-23-32(29)43(37(30)31)34-25-13-24-33(36(34)41)42(38)28-18-8-3-9-19-28/h1-9,12-19,21-22,24-25,29,32H,10-11,20,23H2. The molecule has 0 amide bonds. The summed E-state index contributed by atoms with van der Waals surface area (Å²) >= 11 is 2.00. The fraction of sp³-hybridized carbons (Fsp3) is 0.150. The van der Waals surface area contributed by atoms with Gasteiger partial charge in [-0.1, -0.05) is 116 Å². The molecule has 0 bridgehead atoms. The van der Waals surface area contributed by atoms with Crippen molar-refractivity contribution in [1.29, 1.82) is 0 Å². The zero-order valence-corrected chi connectivity index (χ0v) is 25.3. The van der Waals surface area contributed by atoms with Crippen LogP contribution >= 0.6 is 11.3 Å². The molecule has 2 nitrogen and oxygen atoms in total. The summed E-state index contributed by atoms with van der Waals surface area (Å²) in [5, 5.41) is 0. The molecule has 3 aliphatic heterocycles. The molecule has 10 rings (SSSR count). The van der Waals surface area contributed by atoms with Crippen LogP contribution in [0.1, 0.15) is 37.2 Å². The smallest absolute Gasteiger partial charge is 0.264 e. The average molecular weight is 583 g/mol. The number of benzene rings is 5. The predicted molar refractivity (Wildman–Crippen MR) is 188 cm³/mol. The quantitative estimate of drug-likeness (QED) is 0.192. The van der Waals surface area contributed by atoms with E-state index in [2.05, 4.69) is 137 Å². The van der Waals surface area contributed by atoms with Crippen LogP contribution in [0.4, 0.5) is 28.4 Å². The van der Waals surface area contributed by atoms with Gasteiger partial charge in [0.2, 0.25) is 0 Å². The Labute approximate surface area is 263 Å². The summed E-state index contributed by atoms with van der Waals surface area (Å²) in [6, 6.07) is 48.0. The second kappa shape index (κ2) is 9.48. The van der Waals surface area contributed by atoms with Gasteiger partial charge in [-0.3, -0.25) is 0 Å². The monoisotopic (exact) mass is 582 g/mol. The lowest BCUT2D eigenvalue weighted by Crippen LogP contribution is -2.61. The minimum atomic E-state index is 0.201. The SMILES string of the molecule is c1ccc(-c2sc3c(c2-c2ccccc2)N(c2ccccc2)c2cccc4c2B3c2cccc3c2N4C2CCCCC32)cc1. The first-order chi connectivity index (χ1) is 21.9. The van der Waals surface area contributed by atoms with Crippen LogP contribution in [0.3, 0.4) is 0 Å². The van der Waals surface area contributed by atoms with Gasteiger partial charge in [-0.15, -0.1) is 11.3 Å². The third kappa shape index (κ3) is 3.32. The van der Waals surface area contributed by atoms with Gasteiger partial charge < -0.3 is 9.80 Å². The van der Waals surface area contributed by atoms with E-state index < -0.39 is 0 Å². The van der Waals surface area contributed by atoms with Gasteiger partial charge in [0.1, 0.15) is 0 Å². The van der Waals surface area contributed by atoms with Crippen molar-refractivity contribution in [2.24, 2.45) is 0 Å². The van der Waals surface area contributed by atoms with Crippen molar-refractivity contribution < 1.29 is 0 Å². The van der Waals surface area contributed by atoms with Crippen LogP contribution < -0.4 is 25.5 Å². The van der Waals surface area contributed by atoms with Crippen LogP contribution in [0, 0.1) is 0 Å². The normalized spacial score (nSPS) is 18.9. The van der Waals surface area contributed by atoms with E-state index in [1.165, 1.54) is 91.4 Å². The molecule has 210 valence electrons. The van der Waals surface area contributed by atoms with Crippen molar-refractivity contribution >= 4 is 62.2 Å². The Morgan fingerprint density at radius 3 is 2.09 bits per heavy atom. The molecule has 1 aliphatic carbocycles. The minimum Gasteiger partial charge on any atom is -0.338 e. The summed E-state index contributed by atoms with van der Waals surface area (Å²) in [5.74, 6) is 0.627. The highest BCUT2D eigenvalue weighted by Gasteiger charge is 2.51. The molecule has 0 radical (unpaired) electrons. The first-order valence-electron chi connectivity index (χ1n) is 16.1. The lowest BCUT2D eigenvalue weighted by Gasteiger charge is -2.44. The van der Waals surface area contributed by atoms with Gasteiger partial charge >= 0.3 is 0 Å². The molecule has 4 heteroatoms. The van der Waals surface area contributed by atoms with Crippen molar-refractivity contribution in [2.75, 3.05) is 9.80 Å². The molecule has 2 atom stereocenters. The number of thiophene rings is 1. The van der Waals surface area contributed by atoms with Crippen LogP contribution in [0.5, 0.6) is 0 Å². The molecule has 44 heavy (non-hydrogen) atoms. The maximum atomic E-state index is 2.78. The fourth-order valence-corrected chi connectivity index (χ4v) is 10.2. The Balaban J connectivity index is 1.34. The minimum absolute atomic E-state index is 0.201. The van der Waals surface area contributed by atoms with E-state index >= 15 is 0 Å². The van der Waals surface area contributed by atoms with E-state index in [1.807, 2.05) is 11.3 Å². The molecule has 0 spiro atoms. The number of para-hydroxylation sites is 2. The molecule has 1 fully saturated rings. The summed E-state index contributed by atoms with van der Waals surface area (Å²) in [5.41, 5.74) is 15.2. The van der Waals surface area contributed by atoms with E-state index in [9.17, 15) is 0 Å². The first-order valence-corrected chi connectivity index (χ1v) is 16.9. The molecule has 5 aromatic carbocycles. The molecule has 1 saturated carbocycles. The van der Waals surface area contributed by atoms with E-state index in [-0.39, 0.29) is 6.71 Å². The lowest BCUT2D eigenvalue weighted by atomic mass is 9.36. The number of hydrogen-bond donors (Lipinski definition) is 0. The molecule has 4 heterocycles. The Bertz CT molecular complexity index is 2050. The molecule has 0 N–H and O–H groups in total. The molecular formula is C40H31BN2S. The van der Waals surface area contributed by atoms with Gasteiger partial charge in [-0.2, -0.15) is 0 Å². The lowest BCUT2D eigenvalue weighted by molar-refractivity contribution is 0.402. The van der Waals surface area contributed by atoms with Crippen molar-refractivity contribution in [2.45, 2.75) is 37.6 Å². The van der Waals surface area contributed by atoms with Crippen LogP contribution in [-0.4, -0.2) is 12.8 Å². The molecule has 6 aromatic rings. The zero-order chi connectivity index (χ0) is 28.8. The van der Waals surface area contributed by atoms with Crippen molar-refractivity contribution in [3.8, 4) is 21.6 Å². The van der Waals surface area contributed by atoms with Gasteiger partial charge in [0.05, 0.1) is 5.69 Å². The number of anilines is 5. The number of nitrogens with zero attached hydrogens (tertiary/aromatic N) is 2. The Morgan fingerprint density at radius 1 is 0.614 bits per heavy atom.